The molecule has 1 N–H and O–H groups in total. The van der Waals surface area contributed by atoms with Gasteiger partial charge in [0.25, 0.3) is 5.91 Å². The zero-order chi connectivity index (χ0) is 24.5. The topological polar surface area (TPSA) is 144 Å². The maximum absolute atomic E-state index is 13.0. The van der Waals surface area contributed by atoms with E-state index in [9.17, 15) is 28.2 Å². The number of nitrogens with zero attached hydrogens (tertiary/aromatic N) is 4. The molecule has 12 heteroatoms. The highest BCUT2D eigenvalue weighted by atomic mass is 35.5. The molecule has 1 saturated heterocycles. The van der Waals surface area contributed by atoms with E-state index in [1.807, 2.05) is 0 Å². The first-order chi connectivity index (χ1) is 16.2. The number of piperidine rings is 1. The Morgan fingerprint density at radius 2 is 1.85 bits per heavy atom. The summed E-state index contributed by atoms with van der Waals surface area (Å²) in [5.41, 5.74) is 0.343. The van der Waals surface area contributed by atoms with Crippen LogP contribution in [-0.4, -0.2) is 47.4 Å². The fourth-order valence-electron chi connectivity index (χ4n) is 3.96. The van der Waals surface area contributed by atoms with Gasteiger partial charge in [0.2, 0.25) is 15.9 Å². The lowest BCUT2D eigenvalue weighted by molar-refractivity contribution is -0.306. The fourth-order valence-corrected chi connectivity index (χ4v) is 5.61. The molecule has 1 atom stereocenters. The van der Waals surface area contributed by atoms with E-state index in [4.69, 9.17) is 11.6 Å². The maximum atomic E-state index is 13.0. The summed E-state index contributed by atoms with van der Waals surface area (Å²) in [5.74, 6) is -3.21. The monoisotopic (exact) mass is 503 g/mol. The minimum atomic E-state index is -3.81. The third kappa shape index (κ3) is 4.67. The molecule has 3 aromatic rings. The largest absolute Gasteiger partial charge is 0.548 e. The first kappa shape index (κ1) is 23.9. The quantitative estimate of drug-likeness (QED) is 0.511. The van der Waals surface area contributed by atoms with Gasteiger partial charge in [-0.05, 0) is 43.2 Å². The Kier molecular flexibility index (Phi) is 6.69. The van der Waals surface area contributed by atoms with Gasteiger partial charge >= 0.3 is 0 Å². The highest BCUT2D eigenvalue weighted by molar-refractivity contribution is 7.89. The number of rotatable bonds is 6. The molecular weight excluding hydrogens is 484 g/mol. The Balaban J connectivity index is 1.56. The zero-order valence-corrected chi connectivity index (χ0v) is 19.4. The smallest absolute Gasteiger partial charge is 0.269 e. The van der Waals surface area contributed by atoms with Crippen molar-refractivity contribution in [2.75, 3.05) is 13.1 Å². The zero-order valence-electron chi connectivity index (χ0n) is 17.8. The number of aromatic nitrogens is 1. The summed E-state index contributed by atoms with van der Waals surface area (Å²) in [7, 11) is -3.81. The van der Waals surface area contributed by atoms with E-state index in [-0.39, 0.29) is 23.7 Å². The van der Waals surface area contributed by atoms with Crippen LogP contribution in [0, 0.1) is 5.92 Å². The minimum Gasteiger partial charge on any atom is -0.548 e. The highest BCUT2D eigenvalue weighted by Crippen LogP contribution is 2.39. The number of sulfonamides is 1. The molecule has 178 valence electrons. The Labute approximate surface area is 200 Å². The summed E-state index contributed by atoms with van der Waals surface area (Å²) in [6.07, 6.45) is 0.901. The van der Waals surface area contributed by atoms with Crippen LogP contribution in [0.5, 0.6) is 5.88 Å². The van der Waals surface area contributed by atoms with Crippen molar-refractivity contribution < 1.29 is 28.2 Å². The molecule has 4 rings (SSSR count). The van der Waals surface area contributed by atoms with Crippen molar-refractivity contribution in [2.45, 2.75) is 24.3 Å². The van der Waals surface area contributed by atoms with Gasteiger partial charge in [-0.1, -0.05) is 29.8 Å². The van der Waals surface area contributed by atoms with Crippen molar-refractivity contribution in [2.24, 2.45) is 16.1 Å². The number of carboxylic acid groups (broad SMARTS) is 1. The SMILES string of the molecule is O=C([O-])Cn1c(O)c(N=NC(=O)[C@H]2CCCN(S(=O)(=O)c3ccc(Cl)cc3)C2)c2ccccc21. The van der Waals surface area contributed by atoms with Gasteiger partial charge in [-0.2, -0.15) is 4.31 Å². The van der Waals surface area contributed by atoms with Gasteiger partial charge in [-0.3, -0.25) is 4.79 Å². The number of amides is 1. The van der Waals surface area contributed by atoms with Crippen molar-refractivity contribution in [1.29, 1.82) is 0 Å². The van der Waals surface area contributed by atoms with Crippen molar-refractivity contribution in [3.63, 3.8) is 0 Å². The number of aliphatic carboxylic acids is 1. The third-order valence-corrected chi connectivity index (χ3v) is 7.77. The highest BCUT2D eigenvalue weighted by Gasteiger charge is 2.33. The van der Waals surface area contributed by atoms with E-state index < -0.39 is 40.2 Å². The molecule has 0 spiro atoms. The molecule has 10 nitrogen and oxygen atoms in total. The first-order valence-electron chi connectivity index (χ1n) is 10.4. The Morgan fingerprint density at radius 1 is 1.15 bits per heavy atom. The van der Waals surface area contributed by atoms with Crippen LogP contribution in [0.4, 0.5) is 5.69 Å². The number of aromatic hydroxyl groups is 1. The third-order valence-electron chi connectivity index (χ3n) is 5.64. The number of azo groups is 1. The summed E-state index contributed by atoms with van der Waals surface area (Å²) in [6.45, 7) is -0.388. The fraction of sp³-hybridized carbons (Fsp3) is 0.273. The predicted molar refractivity (Wildman–Crippen MR) is 121 cm³/mol. The molecule has 0 aliphatic carbocycles. The van der Waals surface area contributed by atoms with Crippen LogP contribution in [0.2, 0.25) is 5.02 Å². The maximum Gasteiger partial charge on any atom is 0.269 e. The van der Waals surface area contributed by atoms with Crippen molar-refractivity contribution in [3.8, 4) is 5.88 Å². The first-order valence-corrected chi connectivity index (χ1v) is 12.2. The van der Waals surface area contributed by atoms with Gasteiger partial charge in [-0.15, -0.1) is 10.2 Å². The molecule has 0 bridgehead atoms. The number of fused-ring (bicyclic) bond motifs is 1. The second-order valence-electron chi connectivity index (χ2n) is 7.84. The lowest BCUT2D eigenvalue weighted by Crippen LogP contribution is -2.41. The summed E-state index contributed by atoms with van der Waals surface area (Å²) >= 11 is 5.84. The van der Waals surface area contributed by atoms with E-state index in [0.717, 1.165) is 4.57 Å². The van der Waals surface area contributed by atoms with Crippen LogP contribution in [0.25, 0.3) is 10.9 Å². The molecule has 0 saturated carbocycles. The van der Waals surface area contributed by atoms with Crippen LogP contribution in [0.15, 0.2) is 63.7 Å². The molecule has 1 aromatic heterocycles. The molecule has 34 heavy (non-hydrogen) atoms. The number of hydrogen-bond acceptors (Lipinski definition) is 7. The molecule has 1 aliphatic heterocycles. The van der Waals surface area contributed by atoms with E-state index in [2.05, 4.69) is 10.2 Å². The molecular formula is C22H20ClN4O6S-. The molecule has 2 heterocycles. The molecule has 0 radical (unpaired) electrons. The lowest BCUT2D eigenvalue weighted by atomic mass is 9.99. The molecule has 1 amide bonds. The molecule has 1 fully saturated rings. The van der Waals surface area contributed by atoms with E-state index in [1.54, 1.807) is 24.3 Å². The average molecular weight is 504 g/mol. The second-order valence-corrected chi connectivity index (χ2v) is 10.2. The minimum absolute atomic E-state index is 0.0494. The second kappa shape index (κ2) is 9.53. The van der Waals surface area contributed by atoms with Gasteiger partial charge in [0, 0.05) is 23.5 Å². The standard InChI is InChI=1S/C22H21ClN4O6S/c23-15-7-9-16(10-8-15)34(32,33)26-11-3-4-14(12-26)21(30)25-24-20-17-5-1-2-6-18(17)27(22(20)31)13-19(28)29/h1-2,5-10,14,31H,3-4,11-13H2,(H,28,29)/p-1/t14-/m0/s1. The number of carbonyl (C=O) groups excluding carboxylic acids is 2. The number of hydrogen-bond donors (Lipinski definition) is 1. The van der Waals surface area contributed by atoms with Crippen LogP contribution in [0.3, 0.4) is 0 Å². The van der Waals surface area contributed by atoms with Gasteiger partial charge in [0.05, 0.1) is 28.8 Å². The van der Waals surface area contributed by atoms with E-state index in [0.29, 0.717) is 28.8 Å². The van der Waals surface area contributed by atoms with Gasteiger partial charge in [0.15, 0.2) is 5.69 Å². The van der Waals surface area contributed by atoms with Crippen LogP contribution in [-0.2, 0) is 26.2 Å². The summed E-state index contributed by atoms with van der Waals surface area (Å²) in [5, 5.41) is 30.0. The Hall–Kier alpha value is -3.28. The van der Waals surface area contributed by atoms with Crippen LogP contribution < -0.4 is 5.11 Å². The Bertz CT molecular complexity index is 1380. The number of para-hydroxylation sites is 1. The molecule has 2 aromatic carbocycles. The molecule has 0 unspecified atom stereocenters. The van der Waals surface area contributed by atoms with Crippen molar-refractivity contribution in [1.82, 2.24) is 8.87 Å². The van der Waals surface area contributed by atoms with E-state index in [1.165, 1.54) is 28.6 Å². The summed E-state index contributed by atoms with van der Waals surface area (Å²) < 4.78 is 28.3. The number of carbonyl (C=O) groups is 2. The van der Waals surface area contributed by atoms with Crippen molar-refractivity contribution >= 4 is 50.1 Å². The number of carboxylic acids is 1. The van der Waals surface area contributed by atoms with Crippen molar-refractivity contribution in [3.05, 3.63) is 53.6 Å². The lowest BCUT2D eigenvalue weighted by Gasteiger charge is -2.30. The summed E-state index contributed by atoms with van der Waals surface area (Å²) in [6, 6.07) is 12.3. The van der Waals surface area contributed by atoms with Crippen LogP contribution in [0.1, 0.15) is 12.8 Å². The average Bonchev–Trinajstić information content (AvgIpc) is 3.08. The van der Waals surface area contributed by atoms with E-state index >= 15 is 0 Å². The number of benzene rings is 2. The van der Waals surface area contributed by atoms with Gasteiger partial charge < -0.3 is 19.6 Å². The predicted octanol–water partition coefficient (Wildman–Crippen LogP) is 2.46. The van der Waals surface area contributed by atoms with Gasteiger partial charge in [0.1, 0.15) is 0 Å². The Morgan fingerprint density at radius 3 is 2.56 bits per heavy atom. The number of halogens is 1. The summed E-state index contributed by atoms with van der Waals surface area (Å²) in [4.78, 5) is 23.9. The van der Waals surface area contributed by atoms with Gasteiger partial charge in [-0.25, -0.2) is 8.42 Å². The normalized spacial score (nSPS) is 17.4. The van der Waals surface area contributed by atoms with Crippen LogP contribution >= 0.6 is 11.6 Å². The molecule has 1 aliphatic rings.